The topological polar surface area (TPSA) is 32.7 Å². The molecule has 0 aliphatic rings. The van der Waals surface area contributed by atoms with Crippen molar-refractivity contribution >= 4 is 0 Å². The fraction of sp³-hybridized carbons (Fsp3) is 0.538. The molecule has 0 aromatic heterocycles. The van der Waals surface area contributed by atoms with Crippen LogP contribution in [0.2, 0.25) is 0 Å². The molecule has 3 nitrogen and oxygen atoms in total. The van der Waals surface area contributed by atoms with Crippen molar-refractivity contribution in [3.8, 4) is 5.75 Å². The van der Waals surface area contributed by atoms with Gasteiger partial charge in [-0.1, -0.05) is 18.2 Å². The molecule has 0 amide bonds. The van der Waals surface area contributed by atoms with Crippen molar-refractivity contribution in [2.45, 2.75) is 25.5 Å². The van der Waals surface area contributed by atoms with Gasteiger partial charge in [-0.05, 0) is 34.0 Å². The molecule has 1 rings (SSSR count). The molecule has 0 radical (unpaired) electrons. The van der Waals surface area contributed by atoms with E-state index in [0.29, 0.717) is 0 Å². The number of rotatable bonds is 4. The zero-order chi connectivity index (χ0) is 12.3. The van der Waals surface area contributed by atoms with Crippen LogP contribution in [0.15, 0.2) is 24.3 Å². The highest BCUT2D eigenvalue weighted by Gasteiger charge is 2.32. The summed E-state index contributed by atoms with van der Waals surface area (Å²) in [6, 6.07) is 7.70. The smallest absolute Gasteiger partial charge is 0.123 e. The predicted molar refractivity (Wildman–Crippen MR) is 65.7 cm³/mol. The summed E-state index contributed by atoms with van der Waals surface area (Å²) in [6.07, 6.45) is 0. The van der Waals surface area contributed by atoms with Gasteiger partial charge in [0.2, 0.25) is 0 Å². The van der Waals surface area contributed by atoms with Crippen LogP contribution in [0.1, 0.15) is 25.5 Å². The minimum atomic E-state index is -0.821. The second-order valence-electron chi connectivity index (χ2n) is 4.76. The summed E-state index contributed by atoms with van der Waals surface area (Å²) >= 11 is 0. The number of benzene rings is 1. The Bertz CT molecular complexity index is 342. The Kier molecular flexibility index (Phi) is 3.94. The lowest BCUT2D eigenvalue weighted by Gasteiger charge is -2.35. The molecule has 90 valence electrons. The largest absolute Gasteiger partial charge is 0.496 e. The van der Waals surface area contributed by atoms with E-state index in [9.17, 15) is 5.11 Å². The number of para-hydroxylation sites is 1. The normalized spacial score (nSPS) is 13.9. The van der Waals surface area contributed by atoms with Gasteiger partial charge in [0.25, 0.3) is 0 Å². The van der Waals surface area contributed by atoms with Crippen molar-refractivity contribution in [1.82, 2.24) is 4.90 Å². The molecule has 0 spiro atoms. The molecule has 0 aliphatic carbocycles. The summed E-state index contributed by atoms with van der Waals surface area (Å²) < 4.78 is 5.33. The second kappa shape index (κ2) is 4.85. The zero-order valence-corrected chi connectivity index (χ0v) is 10.7. The monoisotopic (exact) mass is 223 g/mol. The first-order valence-corrected chi connectivity index (χ1v) is 5.39. The molecule has 1 aromatic rings. The van der Waals surface area contributed by atoms with E-state index in [1.807, 2.05) is 57.1 Å². The van der Waals surface area contributed by atoms with Crippen LogP contribution in [0.25, 0.3) is 0 Å². The van der Waals surface area contributed by atoms with E-state index in [-0.39, 0.29) is 6.04 Å². The highest BCUT2D eigenvalue weighted by atomic mass is 16.5. The maximum Gasteiger partial charge on any atom is 0.123 e. The molecular weight excluding hydrogens is 202 g/mol. The van der Waals surface area contributed by atoms with Crippen LogP contribution >= 0.6 is 0 Å². The average Bonchev–Trinajstić information content (AvgIpc) is 2.15. The number of methoxy groups -OCH3 is 1. The zero-order valence-electron chi connectivity index (χ0n) is 10.7. The van der Waals surface area contributed by atoms with Crippen molar-refractivity contribution in [1.29, 1.82) is 0 Å². The third-order valence-electron chi connectivity index (χ3n) is 2.62. The Balaban J connectivity index is 3.21. The Morgan fingerprint density at radius 1 is 1.25 bits per heavy atom. The number of hydrogen-bond acceptors (Lipinski definition) is 3. The van der Waals surface area contributed by atoms with E-state index in [4.69, 9.17) is 4.74 Å². The van der Waals surface area contributed by atoms with Crippen molar-refractivity contribution < 1.29 is 9.84 Å². The van der Waals surface area contributed by atoms with Crippen LogP contribution in [0.3, 0.4) is 0 Å². The Morgan fingerprint density at radius 3 is 2.25 bits per heavy atom. The maximum absolute atomic E-state index is 10.2. The third-order valence-corrected chi connectivity index (χ3v) is 2.62. The van der Waals surface area contributed by atoms with Gasteiger partial charge in [0.1, 0.15) is 5.75 Å². The van der Waals surface area contributed by atoms with Gasteiger partial charge >= 0.3 is 0 Å². The predicted octanol–water partition coefficient (Wildman–Crippen LogP) is 2.07. The highest BCUT2D eigenvalue weighted by Crippen LogP contribution is 2.35. The molecule has 0 saturated heterocycles. The maximum atomic E-state index is 10.2. The molecular formula is C13H21NO2. The molecule has 0 heterocycles. The Morgan fingerprint density at radius 2 is 1.81 bits per heavy atom. The first-order chi connectivity index (χ1) is 7.38. The van der Waals surface area contributed by atoms with Crippen LogP contribution < -0.4 is 4.74 Å². The molecule has 0 fully saturated rings. The van der Waals surface area contributed by atoms with Crippen molar-refractivity contribution in [2.75, 3.05) is 21.2 Å². The summed E-state index contributed by atoms with van der Waals surface area (Å²) in [7, 11) is 5.56. The van der Waals surface area contributed by atoms with Gasteiger partial charge in [-0.25, -0.2) is 0 Å². The van der Waals surface area contributed by atoms with Crippen molar-refractivity contribution in [2.24, 2.45) is 0 Å². The molecule has 0 aliphatic heterocycles. The number of hydrogen-bond donors (Lipinski definition) is 1. The summed E-state index contributed by atoms with van der Waals surface area (Å²) in [5.74, 6) is 0.809. The SMILES string of the molecule is COc1ccccc1C(N(C)C)C(C)(C)O. The van der Waals surface area contributed by atoms with Crippen molar-refractivity contribution in [3.63, 3.8) is 0 Å². The Labute approximate surface area is 97.7 Å². The fourth-order valence-corrected chi connectivity index (χ4v) is 2.18. The Hall–Kier alpha value is -1.06. The van der Waals surface area contributed by atoms with Gasteiger partial charge in [0, 0.05) is 5.56 Å². The molecule has 1 unspecified atom stereocenters. The van der Waals surface area contributed by atoms with Gasteiger partial charge in [0.05, 0.1) is 18.8 Å². The van der Waals surface area contributed by atoms with Crippen LogP contribution in [0.5, 0.6) is 5.75 Å². The van der Waals surface area contributed by atoms with E-state index in [0.717, 1.165) is 11.3 Å². The van der Waals surface area contributed by atoms with E-state index < -0.39 is 5.60 Å². The van der Waals surface area contributed by atoms with E-state index in [2.05, 4.69) is 0 Å². The average molecular weight is 223 g/mol. The summed E-state index contributed by atoms with van der Waals surface area (Å²) in [5, 5.41) is 10.2. The van der Waals surface area contributed by atoms with Gasteiger partial charge in [-0.2, -0.15) is 0 Å². The van der Waals surface area contributed by atoms with Gasteiger partial charge in [0.15, 0.2) is 0 Å². The first-order valence-electron chi connectivity index (χ1n) is 5.39. The lowest BCUT2D eigenvalue weighted by molar-refractivity contribution is -0.00409. The van der Waals surface area contributed by atoms with E-state index in [1.54, 1.807) is 7.11 Å². The fourth-order valence-electron chi connectivity index (χ4n) is 2.18. The summed E-state index contributed by atoms with van der Waals surface area (Å²) in [4.78, 5) is 2.00. The standard InChI is InChI=1S/C13H21NO2/c1-13(2,15)12(14(3)4)10-8-6-7-9-11(10)16-5/h6-9,12,15H,1-5H3. The van der Waals surface area contributed by atoms with E-state index >= 15 is 0 Å². The second-order valence-corrected chi connectivity index (χ2v) is 4.76. The third kappa shape index (κ3) is 2.74. The molecule has 3 heteroatoms. The van der Waals surface area contributed by atoms with Crippen molar-refractivity contribution in [3.05, 3.63) is 29.8 Å². The number of likely N-dealkylation sites (N-methyl/N-ethyl adjacent to an activating group) is 1. The summed E-state index contributed by atoms with van der Waals surface area (Å²) in [6.45, 7) is 3.62. The van der Waals surface area contributed by atoms with Crippen LogP contribution in [0, 0.1) is 0 Å². The highest BCUT2D eigenvalue weighted by molar-refractivity contribution is 5.37. The quantitative estimate of drug-likeness (QED) is 0.848. The van der Waals surface area contributed by atoms with Gasteiger partial charge < -0.3 is 9.84 Å². The van der Waals surface area contributed by atoms with E-state index in [1.165, 1.54) is 0 Å². The number of nitrogens with zero attached hydrogens (tertiary/aromatic N) is 1. The minimum Gasteiger partial charge on any atom is -0.496 e. The number of ether oxygens (including phenoxy) is 1. The lowest BCUT2D eigenvalue weighted by atomic mass is 9.90. The molecule has 1 N–H and O–H groups in total. The lowest BCUT2D eigenvalue weighted by Crippen LogP contribution is -2.38. The number of aliphatic hydroxyl groups is 1. The van der Waals surface area contributed by atoms with Crippen LogP contribution in [-0.2, 0) is 0 Å². The van der Waals surface area contributed by atoms with Crippen LogP contribution in [-0.4, -0.2) is 36.8 Å². The van der Waals surface area contributed by atoms with Gasteiger partial charge in [-0.3, -0.25) is 4.90 Å². The molecule has 16 heavy (non-hydrogen) atoms. The van der Waals surface area contributed by atoms with Crippen LogP contribution in [0.4, 0.5) is 0 Å². The molecule has 1 atom stereocenters. The first kappa shape index (κ1) is 13.0. The molecule has 0 bridgehead atoms. The minimum absolute atomic E-state index is 0.0938. The molecule has 1 aromatic carbocycles. The van der Waals surface area contributed by atoms with Gasteiger partial charge in [-0.15, -0.1) is 0 Å². The molecule has 0 saturated carbocycles. The summed E-state index contributed by atoms with van der Waals surface area (Å²) in [5.41, 5.74) is 0.181.